The van der Waals surface area contributed by atoms with E-state index in [-0.39, 0.29) is 5.69 Å². The summed E-state index contributed by atoms with van der Waals surface area (Å²) in [5.41, 5.74) is 4.25. The first-order chi connectivity index (χ1) is 14.3. The number of nitrogens with one attached hydrogen (secondary N) is 1. The standard InChI is InChI=1S/C22H16F2N2O2S2/c1-14-2-3-16(22-25-10-11-29-22)12-19(14)15-4-7-18(8-5-15)26-30(27,28)21-9-6-17(23)13-20(21)24/h2-13,26H,1H3. The van der Waals surface area contributed by atoms with Crippen molar-refractivity contribution >= 4 is 27.0 Å². The van der Waals surface area contributed by atoms with Crippen LogP contribution in [0.3, 0.4) is 0 Å². The number of thiazole rings is 1. The van der Waals surface area contributed by atoms with E-state index in [1.165, 1.54) is 0 Å². The zero-order chi connectivity index (χ0) is 21.3. The molecule has 0 saturated heterocycles. The molecule has 0 unspecified atom stereocenters. The van der Waals surface area contributed by atoms with Gasteiger partial charge in [0.15, 0.2) is 0 Å². The van der Waals surface area contributed by atoms with Crippen LogP contribution in [0.1, 0.15) is 5.56 Å². The van der Waals surface area contributed by atoms with E-state index in [1.54, 1.807) is 41.8 Å². The van der Waals surface area contributed by atoms with E-state index < -0.39 is 26.6 Å². The molecule has 0 atom stereocenters. The van der Waals surface area contributed by atoms with E-state index >= 15 is 0 Å². The maximum atomic E-state index is 13.9. The van der Waals surface area contributed by atoms with Gasteiger partial charge in [0.1, 0.15) is 21.5 Å². The molecular formula is C22H16F2N2O2S2. The van der Waals surface area contributed by atoms with Crippen molar-refractivity contribution in [2.45, 2.75) is 11.8 Å². The number of benzene rings is 3. The minimum Gasteiger partial charge on any atom is -0.280 e. The summed E-state index contributed by atoms with van der Waals surface area (Å²) in [4.78, 5) is 3.72. The second kappa shape index (κ2) is 7.97. The van der Waals surface area contributed by atoms with Gasteiger partial charge in [0, 0.05) is 28.9 Å². The van der Waals surface area contributed by atoms with Crippen LogP contribution in [0, 0.1) is 18.6 Å². The van der Waals surface area contributed by atoms with Gasteiger partial charge in [-0.1, -0.05) is 24.3 Å². The quantitative estimate of drug-likeness (QED) is 0.421. The van der Waals surface area contributed by atoms with Crippen molar-refractivity contribution in [2.75, 3.05) is 4.72 Å². The number of anilines is 1. The maximum absolute atomic E-state index is 13.9. The summed E-state index contributed by atoms with van der Waals surface area (Å²) < 4.78 is 54.1. The Morgan fingerprint density at radius 1 is 0.933 bits per heavy atom. The van der Waals surface area contributed by atoms with Crippen LogP contribution in [0.4, 0.5) is 14.5 Å². The highest BCUT2D eigenvalue weighted by molar-refractivity contribution is 7.92. The molecule has 1 heterocycles. The first kappa shape index (κ1) is 20.2. The summed E-state index contributed by atoms with van der Waals surface area (Å²) in [6.07, 6.45) is 1.75. The van der Waals surface area contributed by atoms with Gasteiger partial charge in [-0.25, -0.2) is 22.2 Å². The number of aromatic nitrogens is 1. The molecule has 0 amide bonds. The van der Waals surface area contributed by atoms with Crippen LogP contribution >= 0.6 is 11.3 Å². The number of aryl methyl sites for hydroxylation is 1. The van der Waals surface area contributed by atoms with Gasteiger partial charge in [-0.15, -0.1) is 11.3 Å². The number of sulfonamides is 1. The molecule has 0 aliphatic rings. The molecule has 0 aliphatic carbocycles. The van der Waals surface area contributed by atoms with Gasteiger partial charge in [0.2, 0.25) is 0 Å². The Kier molecular flexibility index (Phi) is 5.36. The molecule has 0 fully saturated rings. The highest BCUT2D eigenvalue weighted by atomic mass is 32.2. The molecule has 0 saturated carbocycles. The van der Waals surface area contributed by atoms with E-state index in [2.05, 4.69) is 9.71 Å². The van der Waals surface area contributed by atoms with Crippen molar-refractivity contribution in [1.29, 1.82) is 0 Å². The van der Waals surface area contributed by atoms with Crippen molar-refractivity contribution < 1.29 is 17.2 Å². The fourth-order valence-electron chi connectivity index (χ4n) is 3.05. The van der Waals surface area contributed by atoms with Crippen molar-refractivity contribution in [3.8, 4) is 21.7 Å². The van der Waals surface area contributed by atoms with Crippen molar-refractivity contribution in [1.82, 2.24) is 4.98 Å². The molecule has 30 heavy (non-hydrogen) atoms. The molecule has 1 aromatic heterocycles. The summed E-state index contributed by atoms with van der Waals surface area (Å²) >= 11 is 1.55. The number of halogens is 2. The van der Waals surface area contributed by atoms with Gasteiger partial charge in [0.25, 0.3) is 10.0 Å². The smallest absolute Gasteiger partial charge is 0.264 e. The Bertz CT molecular complexity index is 1300. The fraction of sp³-hybridized carbons (Fsp3) is 0.0455. The molecule has 3 aromatic carbocycles. The van der Waals surface area contributed by atoms with Gasteiger partial charge >= 0.3 is 0 Å². The summed E-state index contributed by atoms with van der Waals surface area (Å²) in [6, 6.07) is 15.2. The minimum atomic E-state index is -4.18. The Labute approximate surface area is 176 Å². The second-order valence-corrected chi connectivity index (χ2v) is 9.17. The number of nitrogens with zero attached hydrogens (tertiary/aromatic N) is 1. The number of hydrogen-bond donors (Lipinski definition) is 1. The zero-order valence-corrected chi connectivity index (χ0v) is 17.4. The van der Waals surface area contributed by atoms with E-state index in [1.807, 2.05) is 30.5 Å². The molecule has 1 N–H and O–H groups in total. The lowest BCUT2D eigenvalue weighted by molar-refractivity contribution is 0.551. The summed E-state index contributed by atoms with van der Waals surface area (Å²) in [6.45, 7) is 1.99. The molecule has 4 rings (SSSR count). The Hall–Kier alpha value is -3.10. The van der Waals surface area contributed by atoms with Crippen LogP contribution in [-0.2, 0) is 10.0 Å². The Morgan fingerprint density at radius 3 is 2.33 bits per heavy atom. The zero-order valence-electron chi connectivity index (χ0n) is 15.8. The first-order valence-corrected chi connectivity index (χ1v) is 11.3. The molecule has 0 spiro atoms. The van der Waals surface area contributed by atoms with E-state index in [4.69, 9.17) is 0 Å². The van der Waals surface area contributed by atoms with Crippen LogP contribution in [0.2, 0.25) is 0 Å². The third kappa shape index (κ3) is 4.10. The van der Waals surface area contributed by atoms with Gasteiger partial charge in [-0.3, -0.25) is 4.72 Å². The fourth-order valence-corrected chi connectivity index (χ4v) is 4.81. The normalized spacial score (nSPS) is 11.4. The second-order valence-electron chi connectivity index (χ2n) is 6.62. The number of hydrogen-bond acceptors (Lipinski definition) is 4. The van der Waals surface area contributed by atoms with Gasteiger partial charge in [-0.05, 0) is 53.9 Å². The lowest BCUT2D eigenvalue weighted by Crippen LogP contribution is -2.14. The van der Waals surface area contributed by atoms with Gasteiger partial charge in [-0.2, -0.15) is 0 Å². The van der Waals surface area contributed by atoms with Crippen molar-refractivity contribution in [2.24, 2.45) is 0 Å². The molecule has 8 heteroatoms. The molecular weight excluding hydrogens is 426 g/mol. The third-order valence-electron chi connectivity index (χ3n) is 4.55. The number of rotatable bonds is 5. The molecule has 0 radical (unpaired) electrons. The maximum Gasteiger partial charge on any atom is 0.264 e. The highest BCUT2D eigenvalue weighted by Crippen LogP contribution is 2.31. The minimum absolute atomic E-state index is 0.274. The van der Waals surface area contributed by atoms with Crippen LogP contribution in [0.15, 0.2) is 77.1 Å². The topological polar surface area (TPSA) is 59.1 Å². The van der Waals surface area contributed by atoms with Crippen LogP contribution in [0.5, 0.6) is 0 Å². The van der Waals surface area contributed by atoms with Crippen LogP contribution < -0.4 is 4.72 Å². The molecule has 4 nitrogen and oxygen atoms in total. The molecule has 152 valence electrons. The lowest BCUT2D eigenvalue weighted by atomic mass is 9.98. The largest absolute Gasteiger partial charge is 0.280 e. The summed E-state index contributed by atoms with van der Waals surface area (Å²) in [5.74, 6) is -1.99. The first-order valence-electron chi connectivity index (χ1n) is 8.92. The monoisotopic (exact) mass is 442 g/mol. The van der Waals surface area contributed by atoms with Gasteiger partial charge < -0.3 is 0 Å². The summed E-state index contributed by atoms with van der Waals surface area (Å²) in [5, 5.41) is 2.83. The molecule has 4 aromatic rings. The lowest BCUT2D eigenvalue weighted by Gasteiger charge is -2.11. The third-order valence-corrected chi connectivity index (χ3v) is 6.79. The predicted octanol–water partition coefficient (Wildman–Crippen LogP) is 5.86. The average Bonchev–Trinajstić information content (AvgIpc) is 3.23. The van der Waals surface area contributed by atoms with Crippen molar-refractivity contribution in [3.63, 3.8) is 0 Å². The average molecular weight is 443 g/mol. The Balaban J connectivity index is 1.61. The van der Waals surface area contributed by atoms with E-state index in [0.717, 1.165) is 39.4 Å². The summed E-state index contributed by atoms with van der Waals surface area (Å²) in [7, 11) is -4.18. The van der Waals surface area contributed by atoms with Crippen LogP contribution in [0.25, 0.3) is 21.7 Å². The van der Waals surface area contributed by atoms with E-state index in [0.29, 0.717) is 6.07 Å². The molecule has 0 aliphatic heterocycles. The van der Waals surface area contributed by atoms with Gasteiger partial charge in [0.05, 0.1) is 0 Å². The Morgan fingerprint density at radius 2 is 1.67 bits per heavy atom. The highest BCUT2D eigenvalue weighted by Gasteiger charge is 2.19. The predicted molar refractivity (Wildman–Crippen MR) is 115 cm³/mol. The van der Waals surface area contributed by atoms with E-state index in [9.17, 15) is 17.2 Å². The SMILES string of the molecule is Cc1ccc(-c2nccs2)cc1-c1ccc(NS(=O)(=O)c2ccc(F)cc2F)cc1. The van der Waals surface area contributed by atoms with Crippen molar-refractivity contribution in [3.05, 3.63) is 89.4 Å². The van der Waals surface area contributed by atoms with Crippen LogP contribution in [-0.4, -0.2) is 13.4 Å². The molecule has 0 bridgehead atoms.